The Morgan fingerprint density at radius 3 is 2.84 bits per heavy atom. The van der Waals surface area contributed by atoms with Gasteiger partial charge >= 0.3 is 0 Å². The zero-order chi connectivity index (χ0) is 13.8. The van der Waals surface area contributed by atoms with Gasteiger partial charge in [-0.05, 0) is 32.4 Å². The topological polar surface area (TPSA) is 52.7 Å². The third kappa shape index (κ3) is 4.20. The van der Waals surface area contributed by atoms with Crippen molar-refractivity contribution in [2.24, 2.45) is 11.8 Å². The van der Waals surface area contributed by atoms with Crippen molar-refractivity contribution in [1.29, 1.82) is 0 Å². The number of amides is 2. The van der Waals surface area contributed by atoms with Crippen molar-refractivity contribution in [3.05, 3.63) is 0 Å². The molecule has 0 bridgehead atoms. The first-order chi connectivity index (χ1) is 9.10. The van der Waals surface area contributed by atoms with Crippen molar-refractivity contribution in [1.82, 2.24) is 15.1 Å². The molecule has 19 heavy (non-hydrogen) atoms. The maximum Gasteiger partial charge on any atom is 0.225 e. The van der Waals surface area contributed by atoms with Gasteiger partial charge in [0, 0.05) is 32.6 Å². The molecule has 2 aliphatic rings. The Balaban J connectivity index is 1.69. The third-order valence-corrected chi connectivity index (χ3v) is 4.09. The van der Waals surface area contributed by atoms with E-state index in [0.717, 1.165) is 19.6 Å². The summed E-state index contributed by atoms with van der Waals surface area (Å²) in [6.07, 6.45) is 2.87. The quantitative estimate of drug-likeness (QED) is 0.722. The number of likely N-dealkylation sites (tertiary alicyclic amines) is 1. The predicted octanol–water partition coefficient (Wildman–Crippen LogP) is 0.313. The second-order valence-electron chi connectivity index (χ2n) is 5.83. The van der Waals surface area contributed by atoms with Crippen molar-refractivity contribution in [3.63, 3.8) is 0 Å². The third-order valence-electron chi connectivity index (χ3n) is 4.09. The Morgan fingerprint density at radius 1 is 1.47 bits per heavy atom. The number of hydrogen-bond acceptors (Lipinski definition) is 3. The van der Waals surface area contributed by atoms with E-state index in [0.29, 0.717) is 25.4 Å². The highest BCUT2D eigenvalue weighted by Gasteiger charge is 2.36. The molecule has 2 fully saturated rings. The first kappa shape index (κ1) is 14.3. The van der Waals surface area contributed by atoms with Crippen LogP contribution in [0.4, 0.5) is 0 Å². The molecule has 1 saturated carbocycles. The van der Waals surface area contributed by atoms with Crippen LogP contribution in [0.15, 0.2) is 0 Å². The lowest BCUT2D eigenvalue weighted by Gasteiger charge is -2.17. The SMILES string of the molecule is CCN(C)CCNC(=O)[C@H]1CC(=O)N(CC2CC2)C1. The minimum Gasteiger partial charge on any atom is -0.355 e. The minimum absolute atomic E-state index is 0.0381. The summed E-state index contributed by atoms with van der Waals surface area (Å²) in [5.41, 5.74) is 0. The predicted molar refractivity (Wildman–Crippen MR) is 73.6 cm³/mol. The zero-order valence-electron chi connectivity index (χ0n) is 12.0. The lowest BCUT2D eigenvalue weighted by Crippen LogP contribution is -2.37. The monoisotopic (exact) mass is 267 g/mol. The van der Waals surface area contributed by atoms with E-state index in [2.05, 4.69) is 17.1 Å². The molecule has 1 heterocycles. The number of carbonyl (C=O) groups is 2. The maximum atomic E-state index is 12.0. The summed E-state index contributed by atoms with van der Waals surface area (Å²) in [5, 5.41) is 2.94. The maximum absolute atomic E-state index is 12.0. The summed E-state index contributed by atoms with van der Waals surface area (Å²) in [7, 11) is 2.03. The molecule has 5 heteroatoms. The van der Waals surface area contributed by atoms with E-state index in [1.807, 2.05) is 11.9 Å². The van der Waals surface area contributed by atoms with E-state index >= 15 is 0 Å². The van der Waals surface area contributed by atoms with Gasteiger partial charge in [0.1, 0.15) is 0 Å². The van der Waals surface area contributed by atoms with Crippen LogP contribution in [0.25, 0.3) is 0 Å². The minimum atomic E-state index is -0.141. The van der Waals surface area contributed by atoms with Gasteiger partial charge in [0.05, 0.1) is 5.92 Å². The fourth-order valence-corrected chi connectivity index (χ4v) is 2.41. The van der Waals surface area contributed by atoms with E-state index in [1.54, 1.807) is 0 Å². The van der Waals surface area contributed by atoms with Crippen LogP contribution in [-0.2, 0) is 9.59 Å². The molecule has 1 N–H and O–H groups in total. The first-order valence-corrected chi connectivity index (χ1v) is 7.34. The Kier molecular flexibility index (Phi) is 4.80. The van der Waals surface area contributed by atoms with Gasteiger partial charge in [-0.3, -0.25) is 9.59 Å². The lowest BCUT2D eigenvalue weighted by atomic mass is 10.1. The molecule has 0 aromatic rings. The summed E-state index contributed by atoms with van der Waals surface area (Å²) in [4.78, 5) is 27.8. The van der Waals surface area contributed by atoms with Crippen LogP contribution in [0, 0.1) is 11.8 Å². The molecule has 108 valence electrons. The molecule has 1 aliphatic heterocycles. The Morgan fingerprint density at radius 2 is 2.21 bits per heavy atom. The average molecular weight is 267 g/mol. The fraction of sp³-hybridized carbons (Fsp3) is 0.857. The summed E-state index contributed by atoms with van der Waals surface area (Å²) in [6, 6.07) is 0. The molecule has 2 amide bonds. The van der Waals surface area contributed by atoms with Gasteiger partial charge in [0.15, 0.2) is 0 Å². The Hall–Kier alpha value is -1.10. The lowest BCUT2D eigenvalue weighted by molar-refractivity contribution is -0.129. The summed E-state index contributed by atoms with van der Waals surface area (Å²) >= 11 is 0. The van der Waals surface area contributed by atoms with Gasteiger partial charge in [-0.25, -0.2) is 0 Å². The smallest absolute Gasteiger partial charge is 0.225 e. The van der Waals surface area contributed by atoms with E-state index < -0.39 is 0 Å². The van der Waals surface area contributed by atoms with E-state index in [1.165, 1.54) is 12.8 Å². The Bertz CT molecular complexity index is 342. The highest BCUT2D eigenvalue weighted by molar-refractivity contribution is 5.89. The number of nitrogens with one attached hydrogen (secondary N) is 1. The van der Waals surface area contributed by atoms with Crippen LogP contribution in [0.2, 0.25) is 0 Å². The second kappa shape index (κ2) is 6.37. The highest BCUT2D eigenvalue weighted by Crippen LogP contribution is 2.31. The number of rotatable bonds is 7. The molecular formula is C14H25N3O2. The van der Waals surface area contributed by atoms with Gasteiger partial charge < -0.3 is 15.1 Å². The molecule has 0 aromatic heterocycles. The van der Waals surface area contributed by atoms with Crippen LogP contribution in [0.5, 0.6) is 0 Å². The largest absolute Gasteiger partial charge is 0.355 e. The Labute approximate surface area is 115 Å². The normalized spacial score (nSPS) is 23.2. The first-order valence-electron chi connectivity index (χ1n) is 7.34. The standard InChI is InChI=1S/C14H25N3O2/c1-3-16(2)7-6-15-14(19)12-8-13(18)17(10-12)9-11-4-5-11/h11-12H,3-10H2,1-2H3,(H,15,19)/t12-/m0/s1. The van der Waals surface area contributed by atoms with E-state index in [4.69, 9.17) is 0 Å². The molecule has 0 unspecified atom stereocenters. The second-order valence-corrected chi connectivity index (χ2v) is 5.83. The van der Waals surface area contributed by atoms with Crippen molar-refractivity contribution in [2.75, 3.05) is 39.8 Å². The average Bonchev–Trinajstić information content (AvgIpc) is 3.13. The zero-order valence-corrected chi connectivity index (χ0v) is 12.0. The van der Waals surface area contributed by atoms with Gasteiger partial charge in [-0.15, -0.1) is 0 Å². The molecule has 5 nitrogen and oxygen atoms in total. The van der Waals surface area contributed by atoms with Crippen LogP contribution in [0.1, 0.15) is 26.2 Å². The molecule has 1 atom stereocenters. The van der Waals surface area contributed by atoms with Gasteiger partial charge in [-0.1, -0.05) is 6.92 Å². The van der Waals surface area contributed by atoms with Gasteiger partial charge in [0.25, 0.3) is 0 Å². The summed E-state index contributed by atoms with van der Waals surface area (Å²) < 4.78 is 0. The van der Waals surface area contributed by atoms with Crippen molar-refractivity contribution < 1.29 is 9.59 Å². The summed E-state index contributed by atoms with van der Waals surface area (Å²) in [6.45, 7) is 6.07. The molecule has 2 rings (SSSR count). The van der Waals surface area contributed by atoms with Crippen LogP contribution in [0.3, 0.4) is 0 Å². The molecule has 0 spiro atoms. The van der Waals surface area contributed by atoms with Crippen LogP contribution in [-0.4, -0.2) is 61.4 Å². The van der Waals surface area contributed by atoms with Crippen LogP contribution >= 0.6 is 0 Å². The molecule has 0 aromatic carbocycles. The number of hydrogen-bond donors (Lipinski definition) is 1. The van der Waals surface area contributed by atoms with Crippen molar-refractivity contribution in [3.8, 4) is 0 Å². The number of likely N-dealkylation sites (N-methyl/N-ethyl adjacent to an activating group) is 1. The fourth-order valence-electron chi connectivity index (χ4n) is 2.41. The van der Waals surface area contributed by atoms with Crippen molar-refractivity contribution in [2.45, 2.75) is 26.2 Å². The van der Waals surface area contributed by atoms with Gasteiger partial charge in [0.2, 0.25) is 11.8 Å². The van der Waals surface area contributed by atoms with Crippen molar-refractivity contribution >= 4 is 11.8 Å². The van der Waals surface area contributed by atoms with E-state index in [-0.39, 0.29) is 17.7 Å². The number of carbonyl (C=O) groups excluding carboxylic acids is 2. The number of nitrogens with zero attached hydrogens (tertiary/aromatic N) is 2. The highest BCUT2D eigenvalue weighted by atomic mass is 16.2. The van der Waals surface area contributed by atoms with Crippen LogP contribution < -0.4 is 5.32 Å². The molecule has 1 saturated heterocycles. The summed E-state index contributed by atoms with van der Waals surface area (Å²) in [5.74, 6) is 0.746. The van der Waals surface area contributed by atoms with Gasteiger partial charge in [-0.2, -0.15) is 0 Å². The molecule has 1 aliphatic carbocycles. The molecule has 0 radical (unpaired) electrons. The molecular weight excluding hydrogens is 242 g/mol. The van der Waals surface area contributed by atoms with E-state index in [9.17, 15) is 9.59 Å².